The molecule has 0 spiro atoms. The van der Waals surface area contributed by atoms with Gasteiger partial charge < -0.3 is 46.9 Å². The normalized spacial score (nSPS) is 18.8. The summed E-state index contributed by atoms with van der Waals surface area (Å²) >= 11 is 3.37. The first-order chi connectivity index (χ1) is 32.0. The Hall–Kier alpha value is -3.83. The van der Waals surface area contributed by atoms with Crippen LogP contribution in [0.2, 0.25) is 0 Å². The minimum Gasteiger partial charge on any atom is -0.494 e. The van der Waals surface area contributed by atoms with Crippen molar-refractivity contribution in [3.63, 3.8) is 0 Å². The molecule has 3 saturated heterocycles. The highest BCUT2D eigenvalue weighted by molar-refractivity contribution is 9.10. The zero-order valence-electron chi connectivity index (χ0n) is 42.1. The number of aldehydes is 2. The predicted octanol–water partition coefficient (Wildman–Crippen LogP) is 11.2. The summed E-state index contributed by atoms with van der Waals surface area (Å²) in [5, 5.41) is 0. The maximum absolute atomic E-state index is 11.6. The van der Waals surface area contributed by atoms with Crippen LogP contribution in [0.15, 0.2) is 102 Å². The first-order valence-electron chi connectivity index (χ1n) is 23.4. The van der Waals surface area contributed by atoms with Gasteiger partial charge in [-0.15, -0.1) is 0 Å². The van der Waals surface area contributed by atoms with Crippen molar-refractivity contribution < 1.29 is 57.9 Å². The van der Waals surface area contributed by atoms with Gasteiger partial charge in [0, 0.05) is 30.9 Å². The van der Waals surface area contributed by atoms with E-state index in [1.807, 2.05) is 156 Å². The molecular weight excluding hydrogens is 941 g/mol. The van der Waals surface area contributed by atoms with Gasteiger partial charge in [-0.2, -0.15) is 0 Å². The first kappa shape index (κ1) is 57.8. The van der Waals surface area contributed by atoms with Gasteiger partial charge in [-0.1, -0.05) is 92.4 Å². The summed E-state index contributed by atoms with van der Waals surface area (Å²) in [6.45, 7) is 27.6. The minimum absolute atomic E-state index is 0. The van der Waals surface area contributed by atoms with Crippen LogP contribution in [0.4, 0.5) is 0 Å². The van der Waals surface area contributed by atoms with E-state index in [0.717, 1.165) is 31.0 Å². The molecule has 0 saturated carbocycles. The third-order valence-corrected chi connectivity index (χ3v) is 14.1. The average molecular weight is 1020 g/mol. The van der Waals surface area contributed by atoms with E-state index in [9.17, 15) is 9.59 Å². The molecule has 0 unspecified atom stereocenters. The van der Waals surface area contributed by atoms with Gasteiger partial charge in [0.15, 0.2) is 6.29 Å². The number of carbonyl (C=O) groups is 2. The third-order valence-electron chi connectivity index (χ3n) is 13.2. The number of hydrogen-bond donors (Lipinski definition) is 0. The van der Waals surface area contributed by atoms with E-state index in [0.29, 0.717) is 72.2 Å². The molecule has 4 aromatic carbocycles. The van der Waals surface area contributed by atoms with Crippen molar-refractivity contribution in [3.05, 3.63) is 124 Å². The van der Waals surface area contributed by atoms with Crippen LogP contribution in [0, 0.1) is 0 Å². The molecule has 4 aromatic rings. The van der Waals surface area contributed by atoms with Crippen LogP contribution in [0.5, 0.6) is 11.5 Å². The molecular formula is C53H76B3BrO12. The fraction of sp³-hybridized carbons (Fsp3) is 0.509. The van der Waals surface area contributed by atoms with Crippen molar-refractivity contribution in [2.75, 3.05) is 26.4 Å². The average Bonchev–Trinajstić information content (AvgIpc) is 3.76. The number of halogens is 1. The van der Waals surface area contributed by atoms with E-state index in [1.165, 1.54) is 5.56 Å². The number of carbonyl (C=O) groups excluding carboxylic acids is 2. The van der Waals surface area contributed by atoms with Crippen molar-refractivity contribution in [2.45, 2.75) is 150 Å². The standard InChI is InChI=1S/C23H29BO5.C17H17BrO3.C12H24B2O4.CH4.H2/c1-22(2)23(3,4)29-24(28-22)21-19(16-25)12-8-13-20(21)27-15-9-14-26-17-18-10-6-5-7-11-18;18-17-15(12-19)8-4-9-16(17)21-11-5-10-20-13-14-6-2-1-3-7-14;1-9(2)10(3,4)16-13(15-9)14-17-11(5,6)12(7,8)18-14;;/h5-8,10-13,16H,9,14-15,17H2,1-4H3;1-4,6-9,12H,5,10-11,13H2;1-8H3;1H4;1H/i;;;;1+1. The molecule has 0 aromatic heterocycles. The van der Waals surface area contributed by atoms with Gasteiger partial charge in [0.05, 0.1) is 77.7 Å². The molecule has 3 aliphatic heterocycles. The molecule has 16 heteroatoms. The van der Waals surface area contributed by atoms with E-state index in [4.69, 9.17) is 46.9 Å². The molecule has 7 rings (SSSR count). The SMILES string of the molecule is C.CC1(C)OB(B2OC(C)(C)C(C)(C)O2)OC1(C)C.CC1(C)OB(c2c(C=O)cccc2OCCCOCc2ccccc2)OC1(C)C.O=Cc1cccc(OCCCOCc2ccccc2)c1Br.[2HH]. The molecule has 376 valence electrons. The Morgan fingerprint density at radius 2 is 0.841 bits per heavy atom. The van der Waals surface area contributed by atoms with Crippen LogP contribution < -0.4 is 14.9 Å². The quantitative estimate of drug-likeness (QED) is 0.0535. The van der Waals surface area contributed by atoms with Crippen LogP contribution >= 0.6 is 15.9 Å². The molecule has 12 nitrogen and oxygen atoms in total. The van der Waals surface area contributed by atoms with E-state index in [1.54, 1.807) is 24.3 Å². The second-order valence-electron chi connectivity index (χ2n) is 20.0. The Morgan fingerprint density at radius 1 is 0.478 bits per heavy atom. The van der Waals surface area contributed by atoms with Crippen molar-refractivity contribution in [2.24, 2.45) is 0 Å². The number of benzene rings is 4. The van der Waals surface area contributed by atoms with E-state index in [-0.39, 0.29) is 31.3 Å². The fourth-order valence-electron chi connectivity index (χ4n) is 6.95. The first-order valence-corrected chi connectivity index (χ1v) is 24.2. The molecule has 3 fully saturated rings. The summed E-state index contributed by atoms with van der Waals surface area (Å²) in [6.07, 6.45) is 3.15. The monoisotopic (exact) mass is 1020 g/mol. The van der Waals surface area contributed by atoms with E-state index < -0.39 is 32.3 Å². The Kier molecular flexibility index (Phi) is 20.9. The molecule has 0 amide bonds. The van der Waals surface area contributed by atoms with Crippen molar-refractivity contribution in [1.29, 1.82) is 0 Å². The van der Waals surface area contributed by atoms with Gasteiger partial charge in [-0.3, -0.25) is 9.59 Å². The molecule has 69 heavy (non-hydrogen) atoms. The Labute approximate surface area is 423 Å². The molecule has 3 heterocycles. The van der Waals surface area contributed by atoms with Crippen LogP contribution in [0.1, 0.15) is 137 Å². The van der Waals surface area contributed by atoms with Crippen LogP contribution in [-0.4, -0.2) is 93.7 Å². The Morgan fingerprint density at radius 3 is 1.25 bits per heavy atom. The van der Waals surface area contributed by atoms with Gasteiger partial charge in [-0.25, -0.2) is 0 Å². The largest absolute Gasteiger partial charge is 0.499 e. The van der Waals surface area contributed by atoms with E-state index in [2.05, 4.69) is 15.9 Å². The van der Waals surface area contributed by atoms with Gasteiger partial charge in [-0.05, 0) is 122 Å². The summed E-state index contributed by atoms with van der Waals surface area (Å²) in [6, 6.07) is 30.9. The molecule has 0 N–H and O–H groups in total. The summed E-state index contributed by atoms with van der Waals surface area (Å²) in [4.78, 5) is 22.4. The molecule has 3 aliphatic rings. The maximum Gasteiger partial charge on any atom is 0.499 e. The maximum atomic E-state index is 11.6. The van der Waals surface area contributed by atoms with Gasteiger partial charge >= 0.3 is 21.1 Å². The smallest absolute Gasteiger partial charge is 0.494 e. The fourth-order valence-corrected chi connectivity index (χ4v) is 7.42. The summed E-state index contributed by atoms with van der Waals surface area (Å²) in [7, 11) is -1.60. The van der Waals surface area contributed by atoms with Gasteiger partial charge in [0.2, 0.25) is 0 Å². The predicted molar refractivity (Wildman–Crippen MR) is 281 cm³/mol. The van der Waals surface area contributed by atoms with Crippen molar-refractivity contribution in [1.82, 2.24) is 0 Å². The number of ether oxygens (including phenoxy) is 4. The lowest BCUT2D eigenvalue weighted by Crippen LogP contribution is -2.41. The Bertz CT molecular complexity index is 2150. The molecule has 0 bridgehead atoms. The molecule has 0 radical (unpaired) electrons. The van der Waals surface area contributed by atoms with Crippen LogP contribution in [-0.2, 0) is 50.6 Å². The summed E-state index contributed by atoms with van der Waals surface area (Å²) in [5.41, 5.74) is 1.65. The van der Waals surface area contributed by atoms with Gasteiger partial charge in [0.25, 0.3) is 0 Å². The number of rotatable bonds is 18. The topological polar surface area (TPSA) is 126 Å². The molecule has 0 atom stereocenters. The van der Waals surface area contributed by atoms with E-state index >= 15 is 0 Å². The second kappa shape index (κ2) is 25.0. The highest BCUT2D eigenvalue weighted by Gasteiger charge is 2.63. The lowest BCUT2D eigenvalue weighted by Gasteiger charge is -2.32. The van der Waals surface area contributed by atoms with Crippen molar-refractivity contribution >= 4 is 55.1 Å². The highest BCUT2D eigenvalue weighted by atomic mass is 79.9. The third kappa shape index (κ3) is 15.3. The van der Waals surface area contributed by atoms with Gasteiger partial charge in [0.1, 0.15) is 17.8 Å². The summed E-state index contributed by atoms with van der Waals surface area (Å²) < 4.78 is 59.7. The minimum atomic E-state index is -0.647. The zero-order valence-corrected chi connectivity index (χ0v) is 43.6. The van der Waals surface area contributed by atoms with Crippen molar-refractivity contribution in [3.8, 4) is 11.5 Å². The second-order valence-corrected chi connectivity index (χ2v) is 20.8. The summed E-state index contributed by atoms with van der Waals surface area (Å²) in [5.74, 6) is 1.29. The lowest BCUT2D eigenvalue weighted by molar-refractivity contribution is 0.00578. The zero-order chi connectivity index (χ0) is 49.8. The van der Waals surface area contributed by atoms with Crippen LogP contribution in [0.3, 0.4) is 0 Å². The number of hydrogen-bond acceptors (Lipinski definition) is 12. The van der Waals surface area contributed by atoms with Crippen LogP contribution in [0.25, 0.3) is 0 Å². The highest BCUT2D eigenvalue weighted by Crippen LogP contribution is 2.43. The molecule has 0 aliphatic carbocycles. The Balaban J connectivity index is 0.000000283. The lowest BCUT2D eigenvalue weighted by atomic mass is 9.49.